The summed E-state index contributed by atoms with van der Waals surface area (Å²) in [4.78, 5) is 4.90. The number of halogens is 1. The third-order valence-electron chi connectivity index (χ3n) is 5.39. The molecule has 6 heteroatoms. The molecule has 0 radical (unpaired) electrons. The summed E-state index contributed by atoms with van der Waals surface area (Å²) < 4.78 is 15.9. The molecule has 0 aliphatic carbocycles. The zero-order chi connectivity index (χ0) is 20.1. The van der Waals surface area contributed by atoms with Crippen LogP contribution in [0.4, 0.5) is 10.2 Å². The van der Waals surface area contributed by atoms with E-state index in [4.69, 9.17) is 5.10 Å². The lowest BCUT2D eigenvalue weighted by atomic mass is 10.1. The molecule has 1 N–H and O–H groups in total. The zero-order valence-corrected chi connectivity index (χ0v) is 17.7. The fourth-order valence-electron chi connectivity index (χ4n) is 3.80. The summed E-state index contributed by atoms with van der Waals surface area (Å²) in [5, 5.41) is 8.53. The fourth-order valence-corrected chi connectivity index (χ4v) is 3.80. The predicted octanol–water partition coefficient (Wildman–Crippen LogP) is 3.60. The summed E-state index contributed by atoms with van der Waals surface area (Å²) in [6.07, 6.45) is 1.97. The van der Waals surface area contributed by atoms with Gasteiger partial charge in [0.2, 0.25) is 0 Å². The van der Waals surface area contributed by atoms with Crippen molar-refractivity contribution in [2.45, 2.75) is 53.1 Å². The van der Waals surface area contributed by atoms with E-state index in [1.807, 2.05) is 10.7 Å². The Bertz CT molecular complexity index is 762. The third-order valence-corrected chi connectivity index (χ3v) is 5.39. The summed E-state index contributed by atoms with van der Waals surface area (Å²) in [5.74, 6) is 0.895. The van der Waals surface area contributed by atoms with Crippen LogP contribution in [-0.2, 0) is 13.0 Å². The van der Waals surface area contributed by atoms with E-state index in [9.17, 15) is 4.39 Å². The number of aryl methyl sites for hydroxylation is 1. The summed E-state index contributed by atoms with van der Waals surface area (Å²) in [6, 6.07) is 7.17. The lowest BCUT2D eigenvalue weighted by molar-refractivity contribution is 0.270. The van der Waals surface area contributed by atoms with Crippen LogP contribution in [0.15, 0.2) is 24.3 Å². The van der Waals surface area contributed by atoms with Crippen LogP contribution in [-0.4, -0.2) is 53.4 Å². The van der Waals surface area contributed by atoms with E-state index in [0.717, 1.165) is 69.3 Å². The van der Waals surface area contributed by atoms with Crippen molar-refractivity contribution in [3.05, 3.63) is 41.3 Å². The van der Waals surface area contributed by atoms with Gasteiger partial charge in [0.1, 0.15) is 11.6 Å². The minimum absolute atomic E-state index is 0.228. The summed E-state index contributed by atoms with van der Waals surface area (Å²) >= 11 is 0. The van der Waals surface area contributed by atoms with Crippen LogP contribution >= 0.6 is 0 Å². The molecule has 1 aliphatic heterocycles. The number of aromatic nitrogens is 2. The van der Waals surface area contributed by atoms with Gasteiger partial charge in [0, 0.05) is 44.3 Å². The molecular weight excluding hydrogens is 353 g/mol. The number of hydrogen-bond donors (Lipinski definition) is 1. The molecule has 28 heavy (non-hydrogen) atoms. The fraction of sp³-hybridized carbons (Fsp3) is 0.591. The summed E-state index contributed by atoms with van der Waals surface area (Å²) in [6.45, 7) is 14.6. The first-order chi connectivity index (χ1) is 13.5. The first-order valence-corrected chi connectivity index (χ1v) is 10.6. The van der Waals surface area contributed by atoms with Crippen molar-refractivity contribution in [3.8, 4) is 5.69 Å². The van der Waals surface area contributed by atoms with Crippen LogP contribution in [0.25, 0.3) is 5.69 Å². The number of likely N-dealkylation sites (N-methyl/N-ethyl adjacent to an activating group) is 1. The topological polar surface area (TPSA) is 36.3 Å². The number of piperazine rings is 1. The number of nitrogens with zero attached hydrogens (tertiary/aromatic N) is 4. The lowest BCUT2D eigenvalue weighted by Crippen LogP contribution is -2.47. The molecule has 3 rings (SSSR count). The zero-order valence-electron chi connectivity index (χ0n) is 17.7. The number of nitrogens with one attached hydrogen (secondary N) is 1. The standard InChI is InChI=1S/C22H34FN5/c1-5-8-21-20(16-24-17(3)4)22(27-13-11-26(6-2)12-14-27)28(25-21)19-10-7-9-18(23)15-19/h7,9-10,15,17,24H,5-6,8,11-14,16H2,1-4H3. The maximum Gasteiger partial charge on any atom is 0.137 e. The SMILES string of the molecule is CCCc1nn(-c2cccc(F)c2)c(N2CCN(CC)CC2)c1CNC(C)C. The maximum atomic E-state index is 14.0. The second-order valence-corrected chi connectivity index (χ2v) is 7.85. The van der Waals surface area contributed by atoms with Gasteiger partial charge >= 0.3 is 0 Å². The number of anilines is 1. The molecule has 2 heterocycles. The van der Waals surface area contributed by atoms with Gasteiger partial charge in [-0.25, -0.2) is 9.07 Å². The predicted molar refractivity (Wildman–Crippen MR) is 114 cm³/mol. The minimum Gasteiger partial charge on any atom is -0.354 e. The van der Waals surface area contributed by atoms with Crippen LogP contribution in [0.1, 0.15) is 45.4 Å². The molecule has 5 nitrogen and oxygen atoms in total. The van der Waals surface area contributed by atoms with E-state index in [-0.39, 0.29) is 5.82 Å². The van der Waals surface area contributed by atoms with Gasteiger partial charge in [-0.2, -0.15) is 5.10 Å². The van der Waals surface area contributed by atoms with E-state index in [1.165, 1.54) is 11.6 Å². The van der Waals surface area contributed by atoms with Gasteiger partial charge in [-0.15, -0.1) is 0 Å². The number of benzene rings is 1. The molecule has 1 aliphatic rings. The molecular formula is C22H34FN5. The van der Waals surface area contributed by atoms with Gasteiger partial charge in [0.25, 0.3) is 0 Å². The van der Waals surface area contributed by atoms with Crippen molar-refractivity contribution in [3.63, 3.8) is 0 Å². The quantitative estimate of drug-likeness (QED) is 0.751. The Morgan fingerprint density at radius 3 is 2.50 bits per heavy atom. The number of hydrogen-bond acceptors (Lipinski definition) is 4. The van der Waals surface area contributed by atoms with Gasteiger partial charge in [0.15, 0.2) is 0 Å². The molecule has 1 fully saturated rings. The molecule has 1 aromatic heterocycles. The molecule has 0 unspecified atom stereocenters. The largest absolute Gasteiger partial charge is 0.354 e. The van der Waals surface area contributed by atoms with Crippen molar-refractivity contribution in [1.82, 2.24) is 20.0 Å². The Morgan fingerprint density at radius 1 is 1.14 bits per heavy atom. The van der Waals surface area contributed by atoms with E-state index in [1.54, 1.807) is 12.1 Å². The molecule has 1 saturated heterocycles. The van der Waals surface area contributed by atoms with E-state index in [2.05, 4.69) is 42.8 Å². The van der Waals surface area contributed by atoms with Crippen LogP contribution in [0.5, 0.6) is 0 Å². The Labute approximate surface area is 168 Å². The highest BCUT2D eigenvalue weighted by Crippen LogP contribution is 2.30. The summed E-state index contributed by atoms with van der Waals surface area (Å²) in [5.41, 5.74) is 3.17. The van der Waals surface area contributed by atoms with Crippen molar-refractivity contribution >= 4 is 5.82 Å². The van der Waals surface area contributed by atoms with E-state index >= 15 is 0 Å². The molecule has 0 bridgehead atoms. The van der Waals surface area contributed by atoms with Crippen LogP contribution in [0, 0.1) is 5.82 Å². The Balaban J connectivity index is 2.05. The van der Waals surface area contributed by atoms with Gasteiger partial charge in [-0.3, -0.25) is 0 Å². The highest BCUT2D eigenvalue weighted by Gasteiger charge is 2.26. The van der Waals surface area contributed by atoms with E-state index < -0.39 is 0 Å². The maximum absolute atomic E-state index is 14.0. The van der Waals surface area contributed by atoms with Gasteiger partial charge < -0.3 is 15.1 Å². The van der Waals surface area contributed by atoms with Crippen LogP contribution in [0.2, 0.25) is 0 Å². The molecule has 154 valence electrons. The first-order valence-electron chi connectivity index (χ1n) is 10.6. The normalized spacial score (nSPS) is 15.6. The number of rotatable bonds is 8. The van der Waals surface area contributed by atoms with Crippen molar-refractivity contribution < 1.29 is 4.39 Å². The van der Waals surface area contributed by atoms with Gasteiger partial charge in [-0.1, -0.05) is 40.2 Å². The monoisotopic (exact) mass is 387 g/mol. The molecule has 0 saturated carbocycles. The molecule has 0 atom stereocenters. The Morgan fingerprint density at radius 2 is 1.89 bits per heavy atom. The molecule has 0 amide bonds. The lowest BCUT2D eigenvalue weighted by Gasteiger charge is -2.36. The van der Waals surface area contributed by atoms with E-state index in [0.29, 0.717) is 6.04 Å². The second-order valence-electron chi connectivity index (χ2n) is 7.85. The Kier molecular flexibility index (Phi) is 7.08. The van der Waals surface area contributed by atoms with Gasteiger partial charge in [-0.05, 0) is 31.2 Å². The molecule has 1 aromatic carbocycles. The second kappa shape index (κ2) is 9.52. The van der Waals surface area contributed by atoms with Crippen LogP contribution in [0.3, 0.4) is 0 Å². The first kappa shape index (κ1) is 20.8. The smallest absolute Gasteiger partial charge is 0.137 e. The Hall–Kier alpha value is -1.92. The van der Waals surface area contributed by atoms with Crippen molar-refractivity contribution in [2.24, 2.45) is 0 Å². The third kappa shape index (κ3) is 4.73. The molecule has 0 spiro atoms. The van der Waals surface area contributed by atoms with Gasteiger partial charge in [0.05, 0.1) is 11.4 Å². The van der Waals surface area contributed by atoms with Crippen molar-refractivity contribution in [1.29, 1.82) is 0 Å². The van der Waals surface area contributed by atoms with Crippen molar-refractivity contribution in [2.75, 3.05) is 37.6 Å². The average Bonchev–Trinajstić information content (AvgIpc) is 3.05. The highest BCUT2D eigenvalue weighted by atomic mass is 19.1. The molecule has 2 aromatic rings. The highest BCUT2D eigenvalue weighted by molar-refractivity contribution is 5.56. The minimum atomic E-state index is -0.228. The van der Waals surface area contributed by atoms with Crippen LogP contribution < -0.4 is 10.2 Å². The summed E-state index contributed by atoms with van der Waals surface area (Å²) in [7, 11) is 0. The average molecular weight is 388 g/mol.